The monoisotopic (exact) mass is 723 g/mol. The molecule has 4 N–H and O–H groups in total. The van der Waals surface area contributed by atoms with Gasteiger partial charge in [-0.05, 0) is 50.4 Å². The number of anilines is 1. The molecule has 2 aromatic heterocycles. The molecule has 4 aromatic rings. The van der Waals surface area contributed by atoms with Gasteiger partial charge in [-0.3, -0.25) is 9.32 Å². The Hall–Kier alpha value is -5.25. The number of nitrogens with zero attached hydrogens (tertiary/aromatic N) is 7. The zero-order valence-electron chi connectivity index (χ0n) is 28.3. The number of benzene rings is 2. The molecule has 51 heavy (non-hydrogen) atoms. The lowest BCUT2D eigenvalue weighted by Crippen LogP contribution is -2.41. The number of esters is 2. The van der Waals surface area contributed by atoms with Crippen molar-refractivity contribution in [3.8, 4) is 11.6 Å². The minimum atomic E-state index is -4.55. The zero-order valence-corrected chi connectivity index (χ0v) is 29.2. The molecule has 18 nitrogen and oxygen atoms in total. The lowest BCUT2D eigenvalue weighted by molar-refractivity contribution is -0.146. The first-order valence-corrected chi connectivity index (χ1v) is 17.4. The van der Waals surface area contributed by atoms with Gasteiger partial charge in [0.15, 0.2) is 11.2 Å². The van der Waals surface area contributed by atoms with Crippen LogP contribution in [0.1, 0.15) is 49.2 Å². The third kappa shape index (κ3) is 8.06. The Kier molecular flexibility index (Phi) is 11.4. The number of carbonyl (C=O) groups excluding carboxylic acids is 2. The third-order valence-corrected chi connectivity index (χ3v) is 10.1. The van der Waals surface area contributed by atoms with Crippen molar-refractivity contribution in [1.82, 2.24) is 24.6 Å². The average molecular weight is 724 g/mol. The van der Waals surface area contributed by atoms with E-state index in [-0.39, 0.29) is 41.8 Å². The van der Waals surface area contributed by atoms with Crippen molar-refractivity contribution in [3.05, 3.63) is 82.5 Å². The van der Waals surface area contributed by atoms with Crippen LogP contribution >= 0.6 is 7.75 Å². The number of hydrogen-bond donors (Lipinski definition) is 3. The number of ether oxygens (including phenoxy) is 3. The van der Waals surface area contributed by atoms with Crippen LogP contribution in [-0.4, -0.2) is 74.6 Å². The molecule has 19 heteroatoms. The summed E-state index contributed by atoms with van der Waals surface area (Å²) >= 11 is 0. The summed E-state index contributed by atoms with van der Waals surface area (Å²) in [4.78, 5) is 41.3. The van der Waals surface area contributed by atoms with Crippen LogP contribution < -0.4 is 20.1 Å². The zero-order chi connectivity index (χ0) is 36.8. The average Bonchev–Trinajstić information content (AvgIpc) is 3.64. The highest BCUT2D eigenvalue weighted by Gasteiger charge is 2.53. The molecule has 6 atom stereocenters. The highest BCUT2D eigenvalue weighted by molar-refractivity contribution is 7.52. The molecule has 0 aliphatic heterocycles. The van der Waals surface area contributed by atoms with E-state index in [1.54, 1.807) is 54.8 Å². The second-order valence-electron chi connectivity index (χ2n) is 11.8. The van der Waals surface area contributed by atoms with Crippen LogP contribution in [0.3, 0.4) is 0 Å². The van der Waals surface area contributed by atoms with Crippen LogP contribution in [-0.2, 0) is 30.0 Å². The summed E-state index contributed by atoms with van der Waals surface area (Å²) in [6.07, 6.45) is 0.226. The summed E-state index contributed by atoms with van der Waals surface area (Å²) in [5.74, 6) is -2.41. The standard InChI is InChI=1S/C32H38N9O9P/c1-5-47-28-25-27(36-31(33)37-28)41(18-35-25)24-15-21(26(42)32(24,3)39-40-34)17-49-51(45,50-23-14-10-9-13-22(23)30(44)46-4)38-19(2)29(43)48-16-20-11-7-6-8-12-20/h6-14,18-19,21,24,26,42H,5,15-17H2,1-4H3,(H,38,45)(H2,33,36,37)/t19-,21+,24+,26+,32-,51?/m0/s1. The molecule has 1 saturated carbocycles. The van der Waals surface area contributed by atoms with Crippen molar-refractivity contribution < 1.29 is 42.5 Å². The molecule has 270 valence electrons. The predicted molar refractivity (Wildman–Crippen MR) is 182 cm³/mol. The maximum absolute atomic E-state index is 14.5. The Morgan fingerprint density at radius 2 is 1.94 bits per heavy atom. The molecule has 0 amide bonds. The van der Waals surface area contributed by atoms with Crippen molar-refractivity contribution in [2.45, 2.75) is 57.5 Å². The fourth-order valence-corrected chi connectivity index (χ4v) is 7.42. The first kappa shape index (κ1) is 37.0. The van der Waals surface area contributed by atoms with Gasteiger partial charge in [0, 0.05) is 10.8 Å². The number of nitrogens with two attached hydrogens (primary N) is 1. The number of hydrogen-bond acceptors (Lipinski definition) is 14. The molecule has 5 rings (SSSR count). The van der Waals surface area contributed by atoms with Crippen molar-refractivity contribution in [1.29, 1.82) is 0 Å². The van der Waals surface area contributed by atoms with Crippen LogP contribution in [0.4, 0.5) is 5.95 Å². The molecule has 2 heterocycles. The van der Waals surface area contributed by atoms with Crippen molar-refractivity contribution in [3.63, 3.8) is 0 Å². The van der Waals surface area contributed by atoms with Crippen LogP contribution in [0.5, 0.6) is 11.6 Å². The minimum Gasteiger partial charge on any atom is -0.476 e. The highest BCUT2D eigenvalue weighted by atomic mass is 31.2. The van der Waals surface area contributed by atoms with E-state index in [9.17, 15) is 24.8 Å². The Morgan fingerprint density at radius 1 is 1.22 bits per heavy atom. The number of nitrogens with one attached hydrogen (secondary N) is 1. The molecule has 1 unspecified atom stereocenters. The van der Waals surface area contributed by atoms with Gasteiger partial charge in [0.05, 0.1) is 44.3 Å². The summed E-state index contributed by atoms with van der Waals surface area (Å²) in [5, 5.41) is 18.2. The molecule has 0 spiro atoms. The largest absolute Gasteiger partial charge is 0.476 e. The normalized spacial score (nSPS) is 21.6. The first-order chi connectivity index (χ1) is 24.4. The Balaban J connectivity index is 1.42. The van der Waals surface area contributed by atoms with Gasteiger partial charge in [0.2, 0.25) is 11.8 Å². The number of imidazole rings is 1. The van der Waals surface area contributed by atoms with Crippen molar-refractivity contribution in [2.24, 2.45) is 11.0 Å². The van der Waals surface area contributed by atoms with Gasteiger partial charge in [-0.2, -0.15) is 15.1 Å². The van der Waals surface area contributed by atoms with Gasteiger partial charge in [-0.1, -0.05) is 47.6 Å². The maximum Gasteiger partial charge on any atom is 0.459 e. The molecular weight excluding hydrogens is 685 g/mol. The molecular formula is C32H38N9O9P. The summed E-state index contributed by atoms with van der Waals surface area (Å²) in [5.41, 5.74) is 15.3. The topological polar surface area (TPSA) is 248 Å². The summed E-state index contributed by atoms with van der Waals surface area (Å²) in [6.45, 7) is 4.58. The summed E-state index contributed by atoms with van der Waals surface area (Å²) in [7, 11) is -3.37. The molecule has 0 saturated heterocycles. The van der Waals surface area contributed by atoms with E-state index in [4.69, 9.17) is 29.0 Å². The van der Waals surface area contributed by atoms with E-state index in [1.807, 2.05) is 6.07 Å². The number of methoxy groups -OCH3 is 1. The van der Waals surface area contributed by atoms with Crippen molar-refractivity contribution in [2.75, 3.05) is 26.1 Å². The Labute approximate surface area is 292 Å². The quantitative estimate of drug-likeness (QED) is 0.0502. The smallest absolute Gasteiger partial charge is 0.459 e. The fraction of sp³-hybridized carbons (Fsp3) is 0.406. The molecule has 2 aromatic carbocycles. The van der Waals surface area contributed by atoms with Crippen molar-refractivity contribution >= 4 is 36.8 Å². The first-order valence-electron chi connectivity index (χ1n) is 15.9. The van der Waals surface area contributed by atoms with E-state index in [0.29, 0.717) is 12.1 Å². The Morgan fingerprint density at radius 3 is 2.65 bits per heavy atom. The molecule has 1 fully saturated rings. The number of fused-ring (bicyclic) bond motifs is 1. The number of carbonyl (C=O) groups is 2. The van der Waals surface area contributed by atoms with E-state index in [0.717, 1.165) is 5.56 Å². The van der Waals surface area contributed by atoms with Gasteiger partial charge < -0.3 is 34.1 Å². The number of azide groups is 1. The fourth-order valence-electron chi connectivity index (χ4n) is 5.86. The number of aliphatic hydroxyl groups is 1. The Bertz CT molecular complexity index is 1970. The molecule has 0 bridgehead atoms. The summed E-state index contributed by atoms with van der Waals surface area (Å²) < 4.78 is 43.7. The molecule has 0 radical (unpaired) electrons. The van der Waals surface area contributed by atoms with Crippen LogP contribution in [0.15, 0.2) is 66.0 Å². The second kappa shape index (κ2) is 15.7. The van der Waals surface area contributed by atoms with Crippen LogP contribution in [0.2, 0.25) is 0 Å². The molecule has 1 aliphatic rings. The van der Waals surface area contributed by atoms with Gasteiger partial charge in [-0.25, -0.2) is 14.3 Å². The van der Waals surface area contributed by atoms with Crippen LogP contribution in [0, 0.1) is 5.92 Å². The van der Waals surface area contributed by atoms with Gasteiger partial charge >= 0.3 is 19.7 Å². The maximum atomic E-state index is 14.5. The van der Waals surface area contributed by atoms with Gasteiger partial charge in [0.25, 0.3) is 0 Å². The van der Waals surface area contributed by atoms with E-state index in [2.05, 4.69) is 30.1 Å². The number of rotatable bonds is 15. The third-order valence-electron chi connectivity index (χ3n) is 8.43. The number of para-hydroxylation sites is 1. The van der Waals surface area contributed by atoms with Crippen LogP contribution in [0.25, 0.3) is 21.6 Å². The van der Waals surface area contributed by atoms with Gasteiger partial charge in [-0.15, -0.1) is 0 Å². The predicted octanol–water partition coefficient (Wildman–Crippen LogP) is 4.51. The number of nitrogen functional groups attached to an aromatic ring is 1. The minimum absolute atomic E-state index is 0.0396. The van der Waals surface area contributed by atoms with Gasteiger partial charge in [0.1, 0.15) is 24.0 Å². The second-order valence-corrected chi connectivity index (χ2v) is 13.5. The number of aliphatic hydroxyl groups excluding tert-OH is 1. The van der Waals surface area contributed by atoms with E-state index < -0.39 is 55.9 Å². The van der Waals surface area contributed by atoms with E-state index in [1.165, 1.54) is 32.5 Å². The van der Waals surface area contributed by atoms with E-state index >= 15 is 0 Å². The summed E-state index contributed by atoms with van der Waals surface area (Å²) in [6, 6.07) is 12.9. The lowest BCUT2D eigenvalue weighted by atomic mass is 9.93. The highest BCUT2D eigenvalue weighted by Crippen LogP contribution is 2.51. The lowest BCUT2D eigenvalue weighted by Gasteiger charge is -2.31. The number of aromatic nitrogens is 4. The molecule has 1 aliphatic carbocycles. The SMILES string of the molecule is CCOc1nc(N)nc2c1ncn2[C@@H]1C[C@H](COP(=O)(N[C@@H](C)C(=O)OCc2ccccc2)Oc2ccccc2C(=O)OC)[C@@H](O)[C@@]1(C)N=[N+]=[N-].